The first-order chi connectivity index (χ1) is 6.79. The predicted molar refractivity (Wildman–Crippen MR) is 50.7 cm³/mol. The number of nitrogens with two attached hydrogens (primary N) is 1. The Morgan fingerprint density at radius 2 is 2.21 bits per heavy atom. The summed E-state index contributed by atoms with van der Waals surface area (Å²) in [5.41, 5.74) is 6.36. The van der Waals surface area contributed by atoms with Crippen LogP contribution in [-0.4, -0.2) is 24.7 Å². The molecule has 2 aromatic rings. The molecule has 0 saturated heterocycles. The Morgan fingerprint density at radius 3 is 2.86 bits per heavy atom. The molecule has 0 aliphatic rings. The zero-order valence-electron chi connectivity index (χ0n) is 7.75. The number of aryl methyl sites for hydroxylation is 1. The molecule has 14 heavy (non-hydrogen) atoms. The van der Waals surface area contributed by atoms with Crippen LogP contribution in [0.2, 0.25) is 0 Å². The summed E-state index contributed by atoms with van der Waals surface area (Å²) >= 11 is 0. The third-order valence-electron chi connectivity index (χ3n) is 1.82. The van der Waals surface area contributed by atoms with Gasteiger partial charge < -0.3 is 5.73 Å². The van der Waals surface area contributed by atoms with Crippen LogP contribution in [0.5, 0.6) is 0 Å². The Morgan fingerprint density at radius 1 is 1.36 bits per heavy atom. The van der Waals surface area contributed by atoms with E-state index in [-0.39, 0.29) is 5.95 Å². The van der Waals surface area contributed by atoms with Gasteiger partial charge in [-0.25, -0.2) is 19.6 Å². The van der Waals surface area contributed by atoms with Gasteiger partial charge in [-0.1, -0.05) is 6.92 Å². The first-order valence-electron chi connectivity index (χ1n) is 4.28. The van der Waals surface area contributed by atoms with Gasteiger partial charge in [0.25, 0.3) is 0 Å². The molecule has 0 aliphatic carbocycles. The molecule has 2 N–H and O–H groups in total. The van der Waals surface area contributed by atoms with Crippen LogP contribution in [0.15, 0.2) is 18.7 Å². The van der Waals surface area contributed by atoms with Gasteiger partial charge in [0.05, 0.1) is 0 Å². The summed E-state index contributed by atoms with van der Waals surface area (Å²) in [5.74, 6) is 0.919. The van der Waals surface area contributed by atoms with Crippen LogP contribution in [0.25, 0.3) is 5.82 Å². The van der Waals surface area contributed by atoms with Gasteiger partial charge in [-0.15, -0.1) is 5.10 Å². The summed E-state index contributed by atoms with van der Waals surface area (Å²) in [6.07, 6.45) is 3.89. The lowest BCUT2D eigenvalue weighted by molar-refractivity contribution is 0.830. The quantitative estimate of drug-likeness (QED) is 0.731. The second-order valence-electron chi connectivity index (χ2n) is 2.77. The summed E-state index contributed by atoms with van der Waals surface area (Å²) in [6, 6.07) is 1.86. The molecule has 0 fully saturated rings. The van der Waals surface area contributed by atoms with Crippen molar-refractivity contribution in [1.29, 1.82) is 0 Å². The molecule has 0 aromatic carbocycles. The Kier molecular flexibility index (Phi) is 2.10. The highest BCUT2D eigenvalue weighted by atomic mass is 15.4. The maximum absolute atomic E-state index is 5.40. The molecule has 0 spiro atoms. The van der Waals surface area contributed by atoms with Crippen molar-refractivity contribution in [3.63, 3.8) is 0 Å². The summed E-state index contributed by atoms with van der Waals surface area (Å²) in [4.78, 5) is 12.0. The van der Waals surface area contributed by atoms with Crippen molar-refractivity contribution in [3.05, 3.63) is 24.4 Å². The molecule has 0 aliphatic heterocycles. The second kappa shape index (κ2) is 3.41. The van der Waals surface area contributed by atoms with E-state index in [0.717, 1.165) is 12.1 Å². The second-order valence-corrected chi connectivity index (χ2v) is 2.77. The van der Waals surface area contributed by atoms with Gasteiger partial charge in [0, 0.05) is 11.8 Å². The van der Waals surface area contributed by atoms with Gasteiger partial charge >= 0.3 is 0 Å². The topological polar surface area (TPSA) is 82.5 Å². The summed E-state index contributed by atoms with van der Waals surface area (Å²) < 4.78 is 1.52. The molecule has 72 valence electrons. The van der Waals surface area contributed by atoms with Gasteiger partial charge in [-0.05, 0) is 6.42 Å². The average Bonchev–Trinajstić information content (AvgIpc) is 2.65. The number of aromatic nitrogens is 5. The fourth-order valence-corrected chi connectivity index (χ4v) is 1.09. The van der Waals surface area contributed by atoms with E-state index < -0.39 is 0 Å². The minimum absolute atomic E-state index is 0.238. The first kappa shape index (κ1) is 8.61. The Bertz CT molecular complexity index is 435. The van der Waals surface area contributed by atoms with Gasteiger partial charge in [0.15, 0.2) is 5.82 Å². The average molecular weight is 190 g/mol. The SMILES string of the molecule is CCc1cc(-n2cnc(N)n2)ncn1. The predicted octanol–water partition coefficient (Wildman–Crippen LogP) is 0.202. The van der Waals surface area contributed by atoms with Crippen molar-refractivity contribution in [2.75, 3.05) is 5.73 Å². The number of rotatable bonds is 2. The van der Waals surface area contributed by atoms with Crippen LogP contribution in [0.1, 0.15) is 12.6 Å². The van der Waals surface area contributed by atoms with Crippen LogP contribution in [-0.2, 0) is 6.42 Å². The minimum Gasteiger partial charge on any atom is -0.366 e. The monoisotopic (exact) mass is 190 g/mol. The molecule has 0 unspecified atom stereocenters. The molecule has 2 aromatic heterocycles. The molecule has 2 heterocycles. The molecule has 0 atom stereocenters. The largest absolute Gasteiger partial charge is 0.366 e. The van der Waals surface area contributed by atoms with Crippen molar-refractivity contribution in [2.45, 2.75) is 13.3 Å². The maximum atomic E-state index is 5.40. The molecule has 0 saturated carbocycles. The highest BCUT2D eigenvalue weighted by molar-refractivity contribution is 5.24. The highest BCUT2D eigenvalue weighted by Crippen LogP contribution is 2.04. The van der Waals surface area contributed by atoms with E-state index in [9.17, 15) is 0 Å². The van der Waals surface area contributed by atoms with Gasteiger partial charge in [0.1, 0.15) is 12.7 Å². The normalized spacial score (nSPS) is 10.4. The summed E-state index contributed by atoms with van der Waals surface area (Å²) in [7, 11) is 0. The number of hydrogen-bond acceptors (Lipinski definition) is 5. The molecule has 6 nitrogen and oxygen atoms in total. The lowest BCUT2D eigenvalue weighted by Crippen LogP contribution is -2.01. The van der Waals surface area contributed by atoms with Crippen LogP contribution >= 0.6 is 0 Å². The number of anilines is 1. The molecular formula is C8H10N6. The molecule has 0 radical (unpaired) electrons. The van der Waals surface area contributed by atoms with E-state index in [0.29, 0.717) is 5.82 Å². The zero-order valence-corrected chi connectivity index (χ0v) is 7.75. The van der Waals surface area contributed by atoms with E-state index in [1.165, 1.54) is 17.3 Å². The zero-order chi connectivity index (χ0) is 9.97. The fourth-order valence-electron chi connectivity index (χ4n) is 1.09. The van der Waals surface area contributed by atoms with E-state index in [1.54, 1.807) is 0 Å². The van der Waals surface area contributed by atoms with E-state index in [1.807, 2.05) is 13.0 Å². The van der Waals surface area contributed by atoms with Crippen LogP contribution in [0.4, 0.5) is 5.95 Å². The first-order valence-corrected chi connectivity index (χ1v) is 4.28. The lowest BCUT2D eigenvalue weighted by Gasteiger charge is -1.99. The summed E-state index contributed by atoms with van der Waals surface area (Å²) in [5, 5.41) is 3.95. The van der Waals surface area contributed by atoms with Crippen LogP contribution < -0.4 is 5.73 Å². The Labute approximate surface area is 80.8 Å². The maximum Gasteiger partial charge on any atom is 0.239 e. The van der Waals surface area contributed by atoms with Crippen molar-refractivity contribution in [1.82, 2.24) is 24.7 Å². The Balaban J connectivity index is 2.41. The number of nitrogen functional groups attached to an aromatic ring is 1. The molecule has 0 bridgehead atoms. The molecular weight excluding hydrogens is 180 g/mol. The van der Waals surface area contributed by atoms with Gasteiger partial charge in [-0.3, -0.25) is 0 Å². The number of hydrogen-bond donors (Lipinski definition) is 1. The van der Waals surface area contributed by atoms with Crippen molar-refractivity contribution in [3.8, 4) is 5.82 Å². The van der Waals surface area contributed by atoms with Crippen LogP contribution in [0, 0.1) is 0 Å². The van der Waals surface area contributed by atoms with Gasteiger partial charge in [0.2, 0.25) is 5.95 Å². The van der Waals surface area contributed by atoms with E-state index in [4.69, 9.17) is 5.73 Å². The third-order valence-corrected chi connectivity index (χ3v) is 1.82. The molecule has 0 amide bonds. The summed E-state index contributed by atoms with van der Waals surface area (Å²) in [6.45, 7) is 2.03. The van der Waals surface area contributed by atoms with E-state index in [2.05, 4.69) is 20.1 Å². The van der Waals surface area contributed by atoms with Crippen molar-refractivity contribution in [2.24, 2.45) is 0 Å². The van der Waals surface area contributed by atoms with Crippen molar-refractivity contribution < 1.29 is 0 Å². The lowest BCUT2D eigenvalue weighted by atomic mass is 10.3. The smallest absolute Gasteiger partial charge is 0.239 e. The minimum atomic E-state index is 0.238. The highest BCUT2D eigenvalue weighted by Gasteiger charge is 2.01. The Hall–Kier alpha value is -1.98. The van der Waals surface area contributed by atoms with Crippen molar-refractivity contribution >= 4 is 5.95 Å². The van der Waals surface area contributed by atoms with Gasteiger partial charge in [-0.2, -0.15) is 0 Å². The van der Waals surface area contributed by atoms with E-state index >= 15 is 0 Å². The fraction of sp³-hybridized carbons (Fsp3) is 0.250. The third kappa shape index (κ3) is 1.54. The molecule has 6 heteroatoms. The molecule has 2 rings (SSSR count). The van der Waals surface area contributed by atoms with Crippen LogP contribution in [0.3, 0.4) is 0 Å². The standard InChI is InChI=1S/C8H10N6/c1-2-6-3-7(11-4-10-6)14-5-12-8(9)13-14/h3-5H,2H2,1H3,(H2,9,13). The number of nitrogens with zero attached hydrogens (tertiary/aromatic N) is 5.